The van der Waals surface area contributed by atoms with Crippen molar-refractivity contribution in [1.29, 1.82) is 0 Å². The molecule has 78 valence electrons. The van der Waals surface area contributed by atoms with Crippen LogP contribution in [-0.4, -0.2) is 17.8 Å². The second kappa shape index (κ2) is 4.01. The van der Waals surface area contributed by atoms with Gasteiger partial charge in [0, 0.05) is 16.4 Å². The van der Waals surface area contributed by atoms with Gasteiger partial charge < -0.3 is 9.84 Å². The van der Waals surface area contributed by atoms with Crippen LogP contribution in [0.15, 0.2) is 6.07 Å². The van der Waals surface area contributed by atoms with Crippen LogP contribution in [0, 0.1) is 13.8 Å². The fourth-order valence-corrected chi connectivity index (χ4v) is 3.05. The zero-order valence-corrected chi connectivity index (χ0v) is 9.43. The minimum absolute atomic E-state index is 0.0201. The van der Waals surface area contributed by atoms with Gasteiger partial charge in [-0.3, -0.25) is 0 Å². The summed E-state index contributed by atoms with van der Waals surface area (Å²) in [6.45, 7) is 4.92. The third kappa shape index (κ3) is 1.85. The zero-order valence-electron chi connectivity index (χ0n) is 8.62. The van der Waals surface area contributed by atoms with Crippen molar-refractivity contribution >= 4 is 11.3 Å². The number of aryl methyl sites for hydroxylation is 2. The number of aliphatic hydroxyl groups excluding tert-OH is 1. The average Bonchev–Trinajstić information content (AvgIpc) is 2.73. The maximum absolute atomic E-state index is 10.1. The van der Waals surface area contributed by atoms with Crippen LogP contribution in [0.4, 0.5) is 0 Å². The van der Waals surface area contributed by atoms with E-state index in [2.05, 4.69) is 19.9 Å². The molecule has 1 aromatic heterocycles. The minimum Gasteiger partial charge on any atom is -0.385 e. The maximum Gasteiger partial charge on any atom is 0.114 e. The van der Waals surface area contributed by atoms with Crippen molar-refractivity contribution in [2.75, 3.05) is 6.61 Å². The largest absolute Gasteiger partial charge is 0.385 e. The molecule has 2 unspecified atom stereocenters. The Morgan fingerprint density at radius 1 is 1.57 bits per heavy atom. The molecule has 0 aromatic carbocycles. The summed E-state index contributed by atoms with van der Waals surface area (Å²) in [4.78, 5) is 2.34. The Labute approximate surface area is 88.5 Å². The first-order valence-corrected chi connectivity index (χ1v) is 5.86. The first-order valence-electron chi connectivity index (χ1n) is 5.05. The molecule has 0 spiro atoms. The van der Waals surface area contributed by atoms with Gasteiger partial charge in [0.1, 0.15) is 6.10 Å². The Bertz CT molecular complexity index is 313. The molecule has 1 fully saturated rings. The van der Waals surface area contributed by atoms with Gasteiger partial charge in [-0.15, -0.1) is 11.3 Å². The molecule has 0 radical (unpaired) electrons. The van der Waals surface area contributed by atoms with E-state index in [-0.39, 0.29) is 6.10 Å². The van der Waals surface area contributed by atoms with Crippen LogP contribution in [0.5, 0.6) is 0 Å². The van der Waals surface area contributed by atoms with Gasteiger partial charge in [-0.25, -0.2) is 0 Å². The molecular weight excluding hydrogens is 196 g/mol. The third-order valence-corrected chi connectivity index (χ3v) is 3.89. The van der Waals surface area contributed by atoms with Gasteiger partial charge in [0.05, 0.1) is 6.10 Å². The highest BCUT2D eigenvalue weighted by Gasteiger charge is 2.27. The minimum atomic E-state index is -0.420. The van der Waals surface area contributed by atoms with Crippen LogP contribution < -0.4 is 0 Å². The monoisotopic (exact) mass is 212 g/mol. The zero-order chi connectivity index (χ0) is 10.1. The lowest BCUT2D eigenvalue weighted by Crippen LogP contribution is -2.16. The van der Waals surface area contributed by atoms with E-state index in [1.807, 2.05) is 0 Å². The Balaban J connectivity index is 2.17. The Hall–Kier alpha value is -0.380. The van der Waals surface area contributed by atoms with Crippen molar-refractivity contribution < 1.29 is 9.84 Å². The standard InChI is InChI=1S/C11H16O2S/c1-7-6-8(2)14-11(7)10(12)9-4-3-5-13-9/h6,9-10,12H,3-5H2,1-2H3. The summed E-state index contributed by atoms with van der Waals surface area (Å²) >= 11 is 1.68. The highest BCUT2D eigenvalue weighted by molar-refractivity contribution is 7.12. The van der Waals surface area contributed by atoms with E-state index < -0.39 is 6.10 Å². The van der Waals surface area contributed by atoms with Crippen LogP contribution in [0.25, 0.3) is 0 Å². The van der Waals surface area contributed by atoms with E-state index in [0.29, 0.717) is 0 Å². The Morgan fingerprint density at radius 3 is 2.86 bits per heavy atom. The van der Waals surface area contributed by atoms with E-state index >= 15 is 0 Å². The number of ether oxygens (including phenoxy) is 1. The molecule has 1 saturated heterocycles. The highest BCUT2D eigenvalue weighted by Crippen LogP contribution is 2.33. The molecule has 2 rings (SSSR count). The SMILES string of the molecule is Cc1cc(C)c(C(O)C2CCCO2)s1. The van der Waals surface area contributed by atoms with Gasteiger partial charge in [0.2, 0.25) is 0 Å². The quantitative estimate of drug-likeness (QED) is 0.816. The molecule has 0 saturated carbocycles. The molecule has 0 bridgehead atoms. The van der Waals surface area contributed by atoms with Crippen molar-refractivity contribution in [1.82, 2.24) is 0 Å². The molecular formula is C11H16O2S. The van der Waals surface area contributed by atoms with Crippen molar-refractivity contribution in [3.05, 3.63) is 21.4 Å². The van der Waals surface area contributed by atoms with Gasteiger partial charge in [0.15, 0.2) is 0 Å². The maximum atomic E-state index is 10.1. The van der Waals surface area contributed by atoms with Gasteiger partial charge in [-0.2, -0.15) is 0 Å². The molecule has 1 aliphatic heterocycles. The number of aliphatic hydroxyl groups is 1. The Morgan fingerprint density at radius 2 is 2.36 bits per heavy atom. The lowest BCUT2D eigenvalue weighted by molar-refractivity contribution is -0.00104. The lowest BCUT2D eigenvalue weighted by Gasteiger charge is -2.16. The number of hydrogen-bond acceptors (Lipinski definition) is 3. The molecule has 0 aliphatic carbocycles. The van der Waals surface area contributed by atoms with E-state index in [4.69, 9.17) is 4.74 Å². The number of hydrogen-bond donors (Lipinski definition) is 1. The first-order chi connectivity index (χ1) is 6.68. The molecule has 14 heavy (non-hydrogen) atoms. The van der Waals surface area contributed by atoms with Crippen LogP contribution >= 0.6 is 11.3 Å². The van der Waals surface area contributed by atoms with Crippen molar-refractivity contribution in [2.45, 2.75) is 38.9 Å². The summed E-state index contributed by atoms with van der Waals surface area (Å²) in [6, 6.07) is 2.12. The fraction of sp³-hybridized carbons (Fsp3) is 0.636. The van der Waals surface area contributed by atoms with Crippen LogP contribution in [0.2, 0.25) is 0 Å². The number of rotatable bonds is 2. The molecule has 3 heteroatoms. The smallest absolute Gasteiger partial charge is 0.114 e. The van der Waals surface area contributed by atoms with Gasteiger partial charge in [-0.1, -0.05) is 0 Å². The molecule has 0 amide bonds. The van der Waals surface area contributed by atoms with Crippen LogP contribution in [0.1, 0.15) is 34.3 Å². The second-order valence-electron chi connectivity index (χ2n) is 3.90. The van der Waals surface area contributed by atoms with Gasteiger partial charge in [-0.05, 0) is 38.3 Å². The van der Waals surface area contributed by atoms with Crippen molar-refractivity contribution in [2.24, 2.45) is 0 Å². The predicted octanol–water partition coefficient (Wildman–Crippen LogP) is 2.58. The summed E-state index contributed by atoms with van der Waals surface area (Å²) in [5.41, 5.74) is 1.19. The normalized spacial score (nSPS) is 24.1. The third-order valence-electron chi connectivity index (χ3n) is 2.67. The van der Waals surface area contributed by atoms with Crippen LogP contribution in [-0.2, 0) is 4.74 Å². The van der Waals surface area contributed by atoms with Gasteiger partial charge in [0.25, 0.3) is 0 Å². The van der Waals surface area contributed by atoms with Gasteiger partial charge >= 0.3 is 0 Å². The summed E-state index contributed by atoms with van der Waals surface area (Å²) < 4.78 is 5.49. The average molecular weight is 212 g/mol. The highest BCUT2D eigenvalue weighted by atomic mass is 32.1. The molecule has 2 heterocycles. The van der Waals surface area contributed by atoms with E-state index in [9.17, 15) is 5.11 Å². The van der Waals surface area contributed by atoms with E-state index in [1.54, 1.807) is 11.3 Å². The summed E-state index contributed by atoms with van der Waals surface area (Å²) in [7, 11) is 0. The van der Waals surface area contributed by atoms with Crippen molar-refractivity contribution in [3.8, 4) is 0 Å². The molecule has 2 atom stereocenters. The first kappa shape index (κ1) is 10.1. The Kier molecular flexibility index (Phi) is 2.91. The molecule has 1 aliphatic rings. The summed E-state index contributed by atoms with van der Waals surface area (Å²) in [6.07, 6.45) is 1.66. The molecule has 1 aromatic rings. The molecule has 2 nitrogen and oxygen atoms in total. The topological polar surface area (TPSA) is 29.5 Å². The van der Waals surface area contributed by atoms with Crippen molar-refractivity contribution in [3.63, 3.8) is 0 Å². The lowest BCUT2D eigenvalue weighted by atomic mass is 10.1. The second-order valence-corrected chi connectivity index (χ2v) is 5.19. The molecule has 1 N–H and O–H groups in total. The summed E-state index contributed by atoms with van der Waals surface area (Å²) in [5.74, 6) is 0. The number of thiophene rings is 1. The predicted molar refractivity (Wildman–Crippen MR) is 57.7 cm³/mol. The summed E-state index contributed by atoms with van der Waals surface area (Å²) in [5, 5.41) is 10.1. The van der Waals surface area contributed by atoms with E-state index in [0.717, 1.165) is 24.3 Å². The van der Waals surface area contributed by atoms with Crippen LogP contribution in [0.3, 0.4) is 0 Å². The fourth-order valence-electron chi connectivity index (χ4n) is 1.97. The van der Waals surface area contributed by atoms with E-state index in [1.165, 1.54) is 10.4 Å².